The summed E-state index contributed by atoms with van der Waals surface area (Å²) in [6.07, 6.45) is 3.77. The molecule has 0 radical (unpaired) electrons. The van der Waals surface area contributed by atoms with Gasteiger partial charge in [0.1, 0.15) is 9.84 Å². The van der Waals surface area contributed by atoms with Crippen molar-refractivity contribution in [1.29, 1.82) is 0 Å². The van der Waals surface area contributed by atoms with Crippen LogP contribution in [0.5, 0.6) is 0 Å². The Balaban J connectivity index is 4.14. The molecule has 0 heterocycles. The van der Waals surface area contributed by atoms with E-state index in [1.165, 1.54) is 0 Å². The normalized spacial score (nSPS) is 14.1. The summed E-state index contributed by atoms with van der Waals surface area (Å²) in [5.41, 5.74) is 0. The van der Waals surface area contributed by atoms with Crippen LogP contribution in [0.4, 0.5) is 0 Å². The number of hydrogen-bond donors (Lipinski definition) is 1. The quantitative estimate of drug-likeness (QED) is 0.591. The van der Waals surface area contributed by atoms with Crippen LogP contribution in [0, 0.1) is 11.8 Å². The van der Waals surface area contributed by atoms with Gasteiger partial charge in [0.25, 0.3) is 0 Å². The summed E-state index contributed by atoms with van der Waals surface area (Å²) in [4.78, 5) is 0. The summed E-state index contributed by atoms with van der Waals surface area (Å²) in [5.74, 6) is 1.81. The standard InChI is InChI=1S/C14H31NO2S/c1-5-8-15-12-14(11-13(3)4)7-10-18(16,17)9-6-2/h13-15H,5-12H2,1-4H3. The van der Waals surface area contributed by atoms with Crippen molar-refractivity contribution in [3.63, 3.8) is 0 Å². The number of nitrogens with one attached hydrogen (secondary N) is 1. The van der Waals surface area contributed by atoms with Gasteiger partial charge in [0.15, 0.2) is 0 Å². The van der Waals surface area contributed by atoms with Gasteiger partial charge in [-0.15, -0.1) is 0 Å². The molecule has 3 nitrogen and oxygen atoms in total. The van der Waals surface area contributed by atoms with Crippen molar-refractivity contribution in [2.45, 2.75) is 53.4 Å². The van der Waals surface area contributed by atoms with Crippen molar-refractivity contribution >= 4 is 9.84 Å². The van der Waals surface area contributed by atoms with E-state index in [1.54, 1.807) is 0 Å². The van der Waals surface area contributed by atoms with Crippen LogP contribution in [0.25, 0.3) is 0 Å². The van der Waals surface area contributed by atoms with Crippen LogP contribution < -0.4 is 5.32 Å². The van der Waals surface area contributed by atoms with E-state index >= 15 is 0 Å². The van der Waals surface area contributed by atoms with Crippen LogP contribution in [0.2, 0.25) is 0 Å². The lowest BCUT2D eigenvalue weighted by atomic mass is 9.95. The highest BCUT2D eigenvalue weighted by molar-refractivity contribution is 7.91. The third-order valence-corrected chi connectivity index (χ3v) is 4.90. The molecule has 0 fully saturated rings. The Morgan fingerprint density at radius 3 is 2.22 bits per heavy atom. The minimum absolute atomic E-state index is 0.337. The molecular formula is C14H31NO2S. The molecule has 0 aromatic carbocycles. The summed E-state index contributed by atoms with van der Waals surface area (Å²) >= 11 is 0. The zero-order chi connectivity index (χ0) is 14.0. The molecule has 0 spiro atoms. The molecule has 0 saturated carbocycles. The summed E-state index contributed by atoms with van der Waals surface area (Å²) in [6, 6.07) is 0. The van der Waals surface area contributed by atoms with Gasteiger partial charge in [0, 0.05) is 5.75 Å². The molecule has 0 rings (SSSR count). The Morgan fingerprint density at radius 1 is 1.06 bits per heavy atom. The maximum atomic E-state index is 11.7. The fraction of sp³-hybridized carbons (Fsp3) is 1.00. The lowest BCUT2D eigenvalue weighted by Crippen LogP contribution is -2.26. The minimum atomic E-state index is -2.82. The highest BCUT2D eigenvalue weighted by atomic mass is 32.2. The van der Waals surface area contributed by atoms with E-state index in [4.69, 9.17) is 0 Å². The van der Waals surface area contributed by atoms with Gasteiger partial charge in [-0.1, -0.05) is 27.7 Å². The van der Waals surface area contributed by atoms with Crippen molar-refractivity contribution in [3.05, 3.63) is 0 Å². The van der Waals surface area contributed by atoms with Crippen LogP contribution in [-0.4, -0.2) is 33.0 Å². The van der Waals surface area contributed by atoms with Crippen molar-refractivity contribution in [2.75, 3.05) is 24.6 Å². The molecule has 0 aliphatic heterocycles. The van der Waals surface area contributed by atoms with Gasteiger partial charge >= 0.3 is 0 Å². The van der Waals surface area contributed by atoms with Crippen molar-refractivity contribution in [3.8, 4) is 0 Å². The fourth-order valence-corrected chi connectivity index (χ4v) is 3.73. The van der Waals surface area contributed by atoms with Gasteiger partial charge in [-0.3, -0.25) is 0 Å². The topological polar surface area (TPSA) is 46.2 Å². The van der Waals surface area contributed by atoms with E-state index in [2.05, 4.69) is 26.1 Å². The van der Waals surface area contributed by atoms with Crippen molar-refractivity contribution in [2.24, 2.45) is 11.8 Å². The van der Waals surface area contributed by atoms with Gasteiger partial charge in [0.05, 0.1) is 5.75 Å². The zero-order valence-corrected chi connectivity index (χ0v) is 13.4. The summed E-state index contributed by atoms with van der Waals surface area (Å²) in [6.45, 7) is 10.5. The SMILES string of the molecule is CCCNCC(CCS(=O)(=O)CCC)CC(C)C. The average molecular weight is 277 g/mol. The molecule has 1 unspecified atom stereocenters. The predicted molar refractivity (Wildman–Crippen MR) is 79.7 cm³/mol. The van der Waals surface area contributed by atoms with Crippen LogP contribution in [0.1, 0.15) is 53.4 Å². The molecule has 1 N–H and O–H groups in total. The number of rotatable bonds is 11. The average Bonchev–Trinajstić information content (AvgIpc) is 2.25. The van der Waals surface area contributed by atoms with E-state index in [1.807, 2.05) is 6.92 Å². The van der Waals surface area contributed by atoms with Crippen LogP contribution in [0.3, 0.4) is 0 Å². The third kappa shape index (κ3) is 9.89. The monoisotopic (exact) mass is 277 g/mol. The van der Waals surface area contributed by atoms with E-state index < -0.39 is 9.84 Å². The molecule has 0 aromatic rings. The van der Waals surface area contributed by atoms with Gasteiger partial charge in [-0.25, -0.2) is 8.42 Å². The molecule has 0 bridgehead atoms. The summed E-state index contributed by atoms with van der Waals surface area (Å²) in [5, 5.41) is 3.41. The van der Waals surface area contributed by atoms with E-state index in [9.17, 15) is 8.42 Å². The Labute approximate surface area is 114 Å². The van der Waals surface area contributed by atoms with Crippen molar-refractivity contribution in [1.82, 2.24) is 5.32 Å². The largest absolute Gasteiger partial charge is 0.316 e. The van der Waals surface area contributed by atoms with Crippen molar-refractivity contribution < 1.29 is 8.42 Å². The Hall–Kier alpha value is -0.0900. The molecule has 0 saturated heterocycles. The van der Waals surface area contributed by atoms with E-state index in [0.717, 1.165) is 38.8 Å². The molecule has 110 valence electrons. The Kier molecular flexibility index (Phi) is 9.74. The van der Waals surface area contributed by atoms with Gasteiger partial charge in [0.2, 0.25) is 0 Å². The van der Waals surface area contributed by atoms with Crippen LogP contribution >= 0.6 is 0 Å². The first-order valence-electron chi connectivity index (χ1n) is 7.32. The maximum absolute atomic E-state index is 11.7. The second-order valence-corrected chi connectivity index (χ2v) is 7.94. The van der Waals surface area contributed by atoms with E-state index in [0.29, 0.717) is 23.3 Å². The second-order valence-electron chi connectivity index (χ2n) is 5.64. The number of hydrogen-bond acceptors (Lipinski definition) is 3. The third-order valence-electron chi connectivity index (χ3n) is 3.02. The Morgan fingerprint density at radius 2 is 1.72 bits per heavy atom. The molecule has 0 aliphatic rings. The van der Waals surface area contributed by atoms with E-state index in [-0.39, 0.29) is 0 Å². The second kappa shape index (κ2) is 9.79. The molecule has 0 aliphatic carbocycles. The molecule has 0 amide bonds. The minimum Gasteiger partial charge on any atom is -0.316 e. The molecule has 18 heavy (non-hydrogen) atoms. The fourth-order valence-electron chi connectivity index (χ4n) is 2.21. The first-order chi connectivity index (χ1) is 8.41. The van der Waals surface area contributed by atoms with Gasteiger partial charge < -0.3 is 5.32 Å². The molecule has 0 aromatic heterocycles. The highest BCUT2D eigenvalue weighted by Gasteiger charge is 2.16. The van der Waals surface area contributed by atoms with Crippen LogP contribution in [0.15, 0.2) is 0 Å². The summed E-state index contributed by atoms with van der Waals surface area (Å²) < 4.78 is 23.5. The predicted octanol–water partition coefficient (Wildman–Crippen LogP) is 2.86. The van der Waals surface area contributed by atoms with Gasteiger partial charge in [-0.2, -0.15) is 0 Å². The molecule has 4 heteroatoms. The smallest absolute Gasteiger partial charge is 0.150 e. The van der Waals surface area contributed by atoms with Crippen LogP contribution in [-0.2, 0) is 9.84 Å². The Bertz CT molecular complexity index is 286. The highest BCUT2D eigenvalue weighted by Crippen LogP contribution is 2.16. The first-order valence-corrected chi connectivity index (χ1v) is 9.14. The first kappa shape index (κ1) is 17.9. The summed E-state index contributed by atoms with van der Waals surface area (Å²) in [7, 11) is -2.82. The molecule has 1 atom stereocenters. The zero-order valence-electron chi connectivity index (χ0n) is 12.5. The van der Waals surface area contributed by atoms with Gasteiger partial charge in [-0.05, 0) is 50.6 Å². The molecular weight excluding hydrogens is 246 g/mol. The maximum Gasteiger partial charge on any atom is 0.150 e. The lowest BCUT2D eigenvalue weighted by molar-refractivity contribution is 0.378. The number of sulfone groups is 1. The lowest BCUT2D eigenvalue weighted by Gasteiger charge is -2.19.